The molecule has 0 heterocycles. The molecule has 1 saturated carbocycles. The van der Waals surface area contributed by atoms with Crippen molar-refractivity contribution in [1.29, 1.82) is 0 Å². The maximum absolute atomic E-state index is 9.72. The number of hydrogen-bond donors (Lipinski definition) is 1. The molecule has 0 aliphatic heterocycles. The third-order valence-corrected chi connectivity index (χ3v) is 2.84. The summed E-state index contributed by atoms with van der Waals surface area (Å²) in [6, 6.07) is 0. The van der Waals surface area contributed by atoms with Gasteiger partial charge in [-0.25, -0.2) is 0 Å². The molecule has 0 bridgehead atoms. The monoisotopic (exact) mass is 154 g/mol. The van der Waals surface area contributed by atoms with Crippen LogP contribution in [0.3, 0.4) is 0 Å². The van der Waals surface area contributed by atoms with Crippen molar-refractivity contribution in [3.8, 4) is 0 Å². The minimum absolute atomic E-state index is 0.238. The van der Waals surface area contributed by atoms with Crippen LogP contribution in [0.5, 0.6) is 0 Å². The van der Waals surface area contributed by atoms with Crippen molar-refractivity contribution in [3.05, 3.63) is 12.2 Å². The zero-order valence-electron chi connectivity index (χ0n) is 7.78. The first-order valence-corrected chi connectivity index (χ1v) is 4.24. The average Bonchev–Trinajstić information content (AvgIpc) is 1.81. The Morgan fingerprint density at radius 2 is 1.82 bits per heavy atom. The van der Waals surface area contributed by atoms with Gasteiger partial charge in [0.25, 0.3) is 0 Å². The van der Waals surface area contributed by atoms with E-state index in [9.17, 15) is 5.11 Å². The van der Waals surface area contributed by atoms with Gasteiger partial charge in [0.1, 0.15) is 0 Å². The summed E-state index contributed by atoms with van der Waals surface area (Å²) in [7, 11) is 0. The fourth-order valence-corrected chi connectivity index (χ4v) is 1.55. The third kappa shape index (κ3) is 1.84. The Balaban J connectivity index is 2.71. The summed E-state index contributed by atoms with van der Waals surface area (Å²) in [6.07, 6.45) is 2.72. The van der Waals surface area contributed by atoms with Crippen LogP contribution >= 0.6 is 0 Å². The maximum Gasteiger partial charge on any atom is 0.0657 e. The predicted octanol–water partition coefficient (Wildman–Crippen LogP) is 2.50. The van der Waals surface area contributed by atoms with E-state index in [4.69, 9.17) is 0 Å². The van der Waals surface area contributed by atoms with Gasteiger partial charge in [-0.3, -0.25) is 0 Å². The third-order valence-electron chi connectivity index (χ3n) is 2.84. The molecule has 1 nitrogen and oxygen atoms in total. The fraction of sp³-hybridized carbons (Fsp3) is 0.800. The molecule has 0 spiro atoms. The highest BCUT2D eigenvalue weighted by molar-refractivity contribution is 5.14. The molecule has 1 aliphatic carbocycles. The van der Waals surface area contributed by atoms with Gasteiger partial charge in [0.05, 0.1) is 5.60 Å². The van der Waals surface area contributed by atoms with Crippen molar-refractivity contribution >= 4 is 0 Å². The molecule has 1 fully saturated rings. The van der Waals surface area contributed by atoms with Crippen molar-refractivity contribution in [2.75, 3.05) is 0 Å². The topological polar surface area (TPSA) is 20.2 Å². The minimum Gasteiger partial charge on any atom is -0.390 e. The van der Waals surface area contributed by atoms with E-state index >= 15 is 0 Å². The molecule has 1 heteroatoms. The van der Waals surface area contributed by atoms with E-state index in [1.165, 1.54) is 5.57 Å². The average molecular weight is 154 g/mol. The highest BCUT2D eigenvalue weighted by atomic mass is 16.3. The first-order valence-electron chi connectivity index (χ1n) is 4.24. The van der Waals surface area contributed by atoms with E-state index in [0.717, 1.165) is 19.3 Å². The maximum atomic E-state index is 9.72. The SMILES string of the molecule is C=C1CC(C)(O)CCC1(C)C. The second-order valence-electron chi connectivity index (χ2n) is 4.66. The van der Waals surface area contributed by atoms with Gasteiger partial charge in [0.2, 0.25) is 0 Å². The van der Waals surface area contributed by atoms with E-state index in [1.807, 2.05) is 6.92 Å². The van der Waals surface area contributed by atoms with E-state index < -0.39 is 5.60 Å². The minimum atomic E-state index is -0.493. The quantitative estimate of drug-likeness (QED) is 0.531. The first kappa shape index (κ1) is 8.79. The van der Waals surface area contributed by atoms with Crippen molar-refractivity contribution in [1.82, 2.24) is 0 Å². The summed E-state index contributed by atoms with van der Waals surface area (Å²) in [5.41, 5.74) is 0.934. The molecule has 1 atom stereocenters. The second-order valence-corrected chi connectivity index (χ2v) is 4.66. The van der Waals surface area contributed by atoms with E-state index in [2.05, 4.69) is 20.4 Å². The lowest BCUT2D eigenvalue weighted by molar-refractivity contribution is 0.0178. The van der Waals surface area contributed by atoms with Crippen LogP contribution in [-0.2, 0) is 0 Å². The Bertz CT molecular complexity index is 177. The van der Waals surface area contributed by atoms with Crippen molar-refractivity contribution in [2.45, 2.75) is 45.6 Å². The smallest absolute Gasteiger partial charge is 0.0657 e. The summed E-state index contributed by atoms with van der Waals surface area (Å²) in [6.45, 7) is 10.3. The fourth-order valence-electron chi connectivity index (χ4n) is 1.55. The zero-order chi connectivity index (χ0) is 8.70. The standard InChI is InChI=1S/C10H18O/c1-8-7-10(4,11)6-5-9(8,2)3/h11H,1,5-7H2,2-4H3. The van der Waals surface area contributed by atoms with Crippen LogP contribution in [0, 0.1) is 5.41 Å². The van der Waals surface area contributed by atoms with Gasteiger partial charge in [0, 0.05) is 0 Å². The molecule has 0 aromatic heterocycles. The Labute approximate surface area is 69.1 Å². The van der Waals surface area contributed by atoms with Gasteiger partial charge >= 0.3 is 0 Å². The highest BCUT2D eigenvalue weighted by Crippen LogP contribution is 2.43. The predicted molar refractivity (Wildman–Crippen MR) is 47.4 cm³/mol. The summed E-state index contributed by atoms with van der Waals surface area (Å²) in [5, 5.41) is 9.72. The number of aliphatic hydroxyl groups is 1. The molecule has 0 saturated heterocycles. The lowest BCUT2D eigenvalue weighted by Crippen LogP contribution is -2.35. The van der Waals surface area contributed by atoms with Gasteiger partial charge in [-0.05, 0) is 31.6 Å². The van der Waals surface area contributed by atoms with E-state index in [-0.39, 0.29) is 5.41 Å². The lowest BCUT2D eigenvalue weighted by atomic mass is 9.69. The summed E-state index contributed by atoms with van der Waals surface area (Å²) < 4.78 is 0. The van der Waals surface area contributed by atoms with Crippen LogP contribution in [-0.4, -0.2) is 10.7 Å². The van der Waals surface area contributed by atoms with E-state index in [1.54, 1.807) is 0 Å². The molecule has 11 heavy (non-hydrogen) atoms. The summed E-state index contributed by atoms with van der Waals surface area (Å²) in [5.74, 6) is 0. The van der Waals surface area contributed by atoms with Crippen LogP contribution in [0.1, 0.15) is 40.0 Å². The lowest BCUT2D eigenvalue weighted by Gasteiger charge is -2.40. The molecule has 1 rings (SSSR count). The van der Waals surface area contributed by atoms with Gasteiger partial charge in [0.15, 0.2) is 0 Å². The van der Waals surface area contributed by atoms with Crippen molar-refractivity contribution in [3.63, 3.8) is 0 Å². The van der Waals surface area contributed by atoms with Gasteiger partial charge in [-0.1, -0.05) is 26.0 Å². The molecule has 1 N–H and O–H groups in total. The Morgan fingerprint density at radius 1 is 1.27 bits per heavy atom. The van der Waals surface area contributed by atoms with Crippen molar-refractivity contribution in [2.24, 2.45) is 5.41 Å². The van der Waals surface area contributed by atoms with Crippen LogP contribution in [0.4, 0.5) is 0 Å². The molecule has 0 radical (unpaired) electrons. The molecule has 1 aliphatic rings. The molecular weight excluding hydrogens is 136 g/mol. The van der Waals surface area contributed by atoms with Crippen LogP contribution in [0.2, 0.25) is 0 Å². The summed E-state index contributed by atoms with van der Waals surface area (Å²) >= 11 is 0. The van der Waals surface area contributed by atoms with E-state index in [0.29, 0.717) is 0 Å². The molecule has 0 amide bonds. The Hall–Kier alpha value is -0.300. The van der Waals surface area contributed by atoms with Crippen molar-refractivity contribution < 1.29 is 5.11 Å². The number of rotatable bonds is 0. The van der Waals surface area contributed by atoms with Crippen LogP contribution in [0.25, 0.3) is 0 Å². The molecule has 64 valence electrons. The van der Waals surface area contributed by atoms with Crippen LogP contribution < -0.4 is 0 Å². The normalized spacial score (nSPS) is 37.3. The Morgan fingerprint density at radius 3 is 2.18 bits per heavy atom. The van der Waals surface area contributed by atoms with Gasteiger partial charge in [-0.2, -0.15) is 0 Å². The molecular formula is C10H18O. The largest absolute Gasteiger partial charge is 0.390 e. The molecule has 0 aromatic carbocycles. The molecule has 1 unspecified atom stereocenters. The second kappa shape index (κ2) is 2.34. The summed E-state index contributed by atoms with van der Waals surface area (Å²) in [4.78, 5) is 0. The first-order chi connectivity index (χ1) is 4.83. The van der Waals surface area contributed by atoms with Crippen LogP contribution in [0.15, 0.2) is 12.2 Å². The Kier molecular flexibility index (Phi) is 1.87. The zero-order valence-corrected chi connectivity index (χ0v) is 7.78. The highest BCUT2D eigenvalue weighted by Gasteiger charge is 2.35. The van der Waals surface area contributed by atoms with Gasteiger partial charge < -0.3 is 5.11 Å². The molecule has 0 aromatic rings. The number of hydrogen-bond acceptors (Lipinski definition) is 1. The van der Waals surface area contributed by atoms with Gasteiger partial charge in [-0.15, -0.1) is 0 Å².